The van der Waals surface area contributed by atoms with Crippen molar-refractivity contribution < 1.29 is 14.3 Å². The average Bonchev–Trinajstić information content (AvgIpc) is 3.26. The fourth-order valence-corrected chi connectivity index (χ4v) is 3.39. The van der Waals surface area contributed by atoms with Crippen molar-refractivity contribution in [2.75, 3.05) is 24.4 Å². The maximum Gasteiger partial charge on any atom is 0.412 e. The molecular weight excluding hydrogens is 420 g/mol. The SMILES string of the molecule is COC(=O)Nc1ccc(-c2cnc3ccc(C(=O)N(C)c4ccc(C#N)c(C)c4)cn23)cn1. The Bertz CT molecular complexity index is 1400. The predicted molar refractivity (Wildman–Crippen MR) is 123 cm³/mol. The van der Waals surface area contributed by atoms with Gasteiger partial charge in [0, 0.05) is 30.7 Å². The summed E-state index contributed by atoms with van der Waals surface area (Å²) < 4.78 is 6.38. The number of aromatic nitrogens is 3. The molecule has 4 aromatic rings. The molecule has 0 unspecified atom stereocenters. The number of rotatable bonds is 4. The number of aryl methyl sites for hydroxylation is 1. The lowest BCUT2D eigenvalue weighted by molar-refractivity contribution is 0.0992. The van der Waals surface area contributed by atoms with E-state index in [-0.39, 0.29) is 5.91 Å². The van der Waals surface area contributed by atoms with Gasteiger partial charge in [-0.05, 0) is 55.0 Å². The number of pyridine rings is 2. The topological polar surface area (TPSA) is 113 Å². The zero-order chi connectivity index (χ0) is 23.5. The van der Waals surface area contributed by atoms with Gasteiger partial charge in [0.2, 0.25) is 0 Å². The van der Waals surface area contributed by atoms with E-state index in [1.165, 1.54) is 7.11 Å². The lowest BCUT2D eigenvalue weighted by atomic mass is 10.1. The number of imidazole rings is 1. The number of nitrogens with zero attached hydrogens (tertiary/aromatic N) is 5. The fraction of sp³-hybridized carbons (Fsp3) is 0.125. The summed E-state index contributed by atoms with van der Waals surface area (Å²) in [6.07, 6.45) is 4.43. The van der Waals surface area contributed by atoms with Crippen molar-refractivity contribution in [3.8, 4) is 17.3 Å². The molecule has 0 fully saturated rings. The van der Waals surface area contributed by atoms with E-state index in [2.05, 4.69) is 26.1 Å². The molecule has 3 aromatic heterocycles. The molecule has 33 heavy (non-hydrogen) atoms. The van der Waals surface area contributed by atoms with Gasteiger partial charge in [0.05, 0.1) is 36.2 Å². The molecule has 1 aromatic carbocycles. The summed E-state index contributed by atoms with van der Waals surface area (Å²) >= 11 is 0. The number of carbonyl (C=O) groups excluding carboxylic acids is 2. The third kappa shape index (κ3) is 4.22. The molecule has 2 amide bonds. The van der Waals surface area contributed by atoms with Crippen LogP contribution in [0.1, 0.15) is 21.5 Å². The van der Waals surface area contributed by atoms with E-state index in [9.17, 15) is 9.59 Å². The lowest BCUT2D eigenvalue weighted by Crippen LogP contribution is -2.26. The van der Waals surface area contributed by atoms with Crippen LogP contribution in [0, 0.1) is 18.3 Å². The molecular formula is C24H20N6O3. The zero-order valence-corrected chi connectivity index (χ0v) is 18.2. The van der Waals surface area contributed by atoms with Crippen LogP contribution in [0.5, 0.6) is 0 Å². The predicted octanol–water partition coefficient (Wildman–Crippen LogP) is 4.03. The molecule has 0 aliphatic carbocycles. The highest BCUT2D eigenvalue weighted by Crippen LogP contribution is 2.24. The molecule has 0 spiro atoms. The third-order valence-corrected chi connectivity index (χ3v) is 5.25. The summed E-state index contributed by atoms with van der Waals surface area (Å²) in [4.78, 5) is 34.7. The maximum atomic E-state index is 13.2. The van der Waals surface area contributed by atoms with Crippen molar-refractivity contribution in [3.63, 3.8) is 0 Å². The minimum absolute atomic E-state index is 0.198. The maximum absolute atomic E-state index is 13.2. The van der Waals surface area contributed by atoms with Crippen LogP contribution >= 0.6 is 0 Å². The summed E-state index contributed by atoms with van der Waals surface area (Å²) in [6, 6.07) is 14.3. The van der Waals surface area contributed by atoms with Gasteiger partial charge in [-0.1, -0.05) is 0 Å². The van der Waals surface area contributed by atoms with Gasteiger partial charge >= 0.3 is 6.09 Å². The third-order valence-electron chi connectivity index (χ3n) is 5.25. The second-order valence-corrected chi connectivity index (χ2v) is 7.31. The van der Waals surface area contributed by atoms with E-state index in [0.29, 0.717) is 28.3 Å². The minimum Gasteiger partial charge on any atom is -0.453 e. The summed E-state index contributed by atoms with van der Waals surface area (Å²) in [5.74, 6) is 0.158. The Balaban J connectivity index is 1.64. The largest absolute Gasteiger partial charge is 0.453 e. The first-order chi connectivity index (χ1) is 15.9. The Morgan fingerprint density at radius 3 is 2.61 bits per heavy atom. The molecule has 3 heterocycles. The van der Waals surface area contributed by atoms with Gasteiger partial charge in [0.1, 0.15) is 11.5 Å². The van der Waals surface area contributed by atoms with Gasteiger partial charge in [-0.2, -0.15) is 5.26 Å². The minimum atomic E-state index is -0.602. The van der Waals surface area contributed by atoms with Crippen LogP contribution in [0.15, 0.2) is 61.1 Å². The average molecular weight is 440 g/mol. The smallest absolute Gasteiger partial charge is 0.412 e. The number of benzene rings is 1. The highest BCUT2D eigenvalue weighted by molar-refractivity contribution is 6.05. The first-order valence-electron chi connectivity index (χ1n) is 9.98. The second kappa shape index (κ2) is 8.80. The Labute approximate surface area is 189 Å². The van der Waals surface area contributed by atoms with Crippen molar-refractivity contribution in [2.45, 2.75) is 6.92 Å². The lowest BCUT2D eigenvalue weighted by Gasteiger charge is -2.18. The first-order valence-corrected chi connectivity index (χ1v) is 9.98. The molecule has 0 bridgehead atoms. The first kappa shape index (κ1) is 21.5. The van der Waals surface area contributed by atoms with Crippen LogP contribution < -0.4 is 10.2 Å². The number of nitriles is 1. The molecule has 9 heteroatoms. The quantitative estimate of drug-likeness (QED) is 0.513. The van der Waals surface area contributed by atoms with E-state index in [4.69, 9.17) is 5.26 Å². The standard InChI is InChI=1S/C24H20N6O3/c1-15-10-19(7-4-16(15)11-25)29(2)23(31)18-6-9-22-27-13-20(30(22)14-18)17-5-8-21(26-12-17)28-24(32)33-3/h4-10,12-14H,1-3H3,(H,26,28,32). The number of anilines is 2. The number of fused-ring (bicyclic) bond motifs is 1. The van der Waals surface area contributed by atoms with Crippen molar-refractivity contribution in [2.24, 2.45) is 0 Å². The molecule has 0 saturated heterocycles. The van der Waals surface area contributed by atoms with Crippen LogP contribution in [0.25, 0.3) is 16.9 Å². The number of ether oxygens (including phenoxy) is 1. The van der Waals surface area contributed by atoms with Gasteiger partial charge in [-0.25, -0.2) is 14.8 Å². The van der Waals surface area contributed by atoms with E-state index in [1.54, 1.807) is 66.9 Å². The van der Waals surface area contributed by atoms with Crippen LogP contribution in [0.4, 0.5) is 16.3 Å². The summed E-state index contributed by atoms with van der Waals surface area (Å²) in [5, 5.41) is 11.6. The number of methoxy groups -OCH3 is 1. The van der Waals surface area contributed by atoms with Gasteiger partial charge in [0.25, 0.3) is 5.91 Å². The number of carbonyl (C=O) groups is 2. The van der Waals surface area contributed by atoms with Gasteiger partial charge < -0.3 is 9.64 Å². The number of hydrogen-bond donors (Lipinski definition) is 1. The van der Waals surface area contributed by atoms with Crippen molar-refractivity contribution >= 4 is 29.2 Å². The van der Waals surface area contributed by atoms with E-state index >= 15 is 0 Å². The van der Waals surface area contributed by atoms with Crippen LogP contribution in [-0.2, 0) is 4.74 Å². The van der Waals surface area contributed by atoms with Crippen molar-refractivity contribution in [1.82, 2.24) is 14.4 Å². The number of nitrogens with one attached hydrogen (secondary N) is 1. The van der Waals surface area contributed by atoms with Crippen LogP contribution in [-0.4, -0.2) is 40.5 Å². The molecule has 1 N–H and O–H groups in total. The Morgan fingerprint density at radius 2 is 1.94 bits per heavy atom. The summed E-state index contributed by atoms with van der Waals surface area (Å²) in [5.41, 5.74) is 4.73. The second-order valence-electron chi connectivity index (χ2n) is 7.31. The van der Waals surface area contributed by atoms with Crippen LogP contribution in [0.3, 0.4) is 0 Å². The monoisotopic (exact) mass is 440 g/mol. The molecule has 0 radical (unpaired) electrons. The van der Waals surface area contributed by atoms with Gasteiger partial charge in [-0.3, -0.25) is 14.5 Å². The zero-order valence-electron chi connectivity index (χ0n) is 18.2. The summed E-state index contributed by atoms with van der Waals surface area (Å²) in [7, 11) is 2.97. The molecule has 0 aliphatic heterocycles. The molecule has 0 aliphatic rings. The molecule has 9 nitrogen and oxygen atoms in total. The van der Waals surface area contributed by atoms with Gasteiger partial charge in [-0.15, -0.1) is 0 Å². The van der Waals surface area contributed by atoms with E-state index in [0.717, 1.165) is 16.8 Å². The Kier molecular flexibility index (Phi) is 5.74. The van der Waals surface area contributed by atoms with E-state index < -0.39 is 6.09 Å². The molecule has 0 atom stereocenters. The Hall–Kier alpha value is -4.71. The molecule has 164 valence electrons. The highest BCUT2D eigenvalue weighted by atomic mass is 16.5. The van der Waals surface area contributed by atoms with Crippen molar-refractivity contribution in [1.29, 1.82) is 5.26 Å². The normalized spacial score (nSPS) is 10.5. The highest BCUT2D eigenvalue weighted by Gasteiger charge is 2.17. The summed E-state index contributed by atoms with van der Waals surface area (Å²) in [6.45, 7) is 1.84. The molecule has 0 saturated carbocycles. The van der Waals surface area contributed by atoms with Gasteiger partial charge in [0.15, 0.2) is 0 Å². The van der Waals surface area contributed by atoms with Crippen molar-refractivity contribution in [3.05, 3.63) is 77.7 Å². The van der Waals surface area contributed by atoms with E-state index in [1.807, 2.05) is 17.4 Å². The fourth-order valence-electron chi connectivity index (χ4n) is 3.39. The number of hydrogen-bond acceptors (Lipinski definition) is 6. The molecule has 4 rings (SSSR count). The van der Waals surface area contributed by atoms with Crippen LogP contribution in [0.2, 0.25) is 0 Å². The Morgan fingerprint density at radius 1 is 1.12 bits per heavy atom. The number of amides is 2.